The second kappa shape index (κ2) is 9.58. The zero-order valence-corrected chi connectivity index (χ0v) is 17.1. The lowest BCUT2D eigenvalue weighted by Crippen LogP contribution is -2.64. The molecule has 1 aromatic rings. The number of piperazine rings is 4. The van der Waals surface area contributed by atoms with E-state index >= 15 is 0 Å². The van der Waals surface area contributed by atoms with Crippen molar-refractivity contribution >= 4 is 5.96 Å². The fourth-order valence-corrected chi connectivity index (χ4v) is 4.45. The van der Waals surface area contributed by atoms with E-state index in [-0.39, 0.29) is 0 Å². The van der Waals surface area contributed by atoms with E-state index in [1.54, 1.807) is 0 Å². The third-order valence-electron chi connectivity index (χ3n) is 6.19. The number of hydrogen-bond acceptors (Lipinski definition) is 5. The van der Waals surface area contributed by atoms with Crippen LogP contribution in [0.25, 0.3) is 0 Å². The van der Waals surface area contributed by atoms with Crippen LogP contribution >= 0.6 is 0 Å². The van der Waals surface area contributed by atoms with Crippen molar-refractivity contribution < 1.29 is 4.74 Å². The smallest absolute Gasteiger partial charge is 0.193 e. The normalized spacial score (nSPS) is 28.4. The van der Waals surface area contributed by atoms with Crippen LogP contribution in [-0.2, 0) is 0 Å². The minimum atomic E-state index is 0.621. The van der Waals surface area contributed by atoms with Gasteiger partial charge >= 0.3 is 0 Å². The monoisotopic (exact) mass is 386 g/mol. The van der Waals surface area contributed by atoms with E-state index in [2.05, 4.69) is 29.9 Å². The standard InChI is InChI=1S/C21H34N6O/c1-22-21(23-17-19-18-25-9-11-26(19)12-10-25)27-13-7-24(8-14-27)15-16-28-20-5-3-2-4-6-20/h2-6,19H,7-18H2,1H3,(H,22,23). The van der Waals surface area contributed by atoms with E-state index in [0.717, 1.165) is 57.6 Å². The number of benzene rings is 1. The van der Waals surface area contributed by atoms with Crippen LogP contribution in [0.3, 0.4) is 0 Å². The maximum absolute atomic E-state index is 5.83. The molecule has 1 atom stereocenters. The number of para-hydroxylation sites is 1. The summed E-state index contributed by atoms with van der Waals surface area (Å²) in [7, 11) is 1.90. The Morgan fingerprint density at radius 1 is 1.04 bits per heavy atom. The maximum atomic E-state index is 5.83. The lowest BCUT2D eigenvalue weighted by atomic mass is 10.1. The van der Waals surface area contributed by atoms with E-state index < -0.39 is 0 Å². The molecule has 1 N–H and O–H groups in total. The molecule has 4 aliphatic heterocycles. The summed E-state index contributed by atoms with van der Waals surface area (Å²) >= 11 is 0. The zero-order chi connectivity index (χ0) is 19.2. The average Bonchev–Trinajstić information content (AvgIpc) is 2.77. The van der Waals surface area contributed by atoms with Gasteiger partial charge in [0.05, 0.1) is 0 Å². The van der Waals surface area contributed by atoms with Gasteiger partial charge in [0.1, 0.15) is 12.4 Å². The number of hydrogen-bond donors (Lipinski definition) is 1. The maximum Gasteiger partial charge on any atom is 0.193 e. The van der Waals surface area contributed by atoms with Crippen LogP contribution in [0.2, 0.25) is 0 Å². The SMILES string of the molecule is CN=C(NCC1CN2CCN1CC2)N1CCN(CCOc2ccccc2)CC1. The lowest BCUT2D eigenvalue weighted by molar-refractivity contribution is 0.0151. The van der Waals surface area contributed by atoms with Gasteiger partial charge in [-0.15, -0.1) is 0 Å². The van der Waals surface area contributed by atoms with Crippen LogP contribution in [0.15, 0.2) is 35.3 Å². The van der Waals surface area contributed by atoms with Crippen molar-refractivity contribution in [2.45, 2.75) is 6.04 Å². The minimum Gasteiger partial charge on any atom is -0.492 e. The largest absolute Gasteiger partial charge is 0.492 e. The van der Waals surface area contributed by atoms with Crippen molar-refractivity contribution in [3.63, 3.8) is 0 Å². The number of nitrogens with one attached hydrogen (secondary N) is 1. The van der Waals surface area contributed by atoms with E-state index in [1.807, 2.05) is 37.4 Å². The average molecular weight is 387 g/mol. The molecule has 4 fully saturated rings. The van der Waals surface area contributed by atoms with E-state index in [0.29, 0.717) is 6.04 Å². The van der Waals surface area contributed by atoms with Gasteiger partial charge in [-0.2, -0.15) is 0 Å². The molecule has 28 heavy (non-hydrogen) atoms. The van der Waals surface area contributed by atoms with Crippen molar-refractivity contribution in [1.82, 2.24) is 24.9 Å². The first-order valence-electron chi connectivity index (χ1n) is 10.6. The number of rotatable bonds is 6. The van der Waals surface area contributed by atoms with Crippen LogP contribution in [0.5, 0.6) is 5.75 Å². The van der Waals surface area contributed by atoms with Gasteiger partial charge in [0.2, 0.25) is 0 Å². The Morgan fingerprint density at radius 2 is 1.79 bits per heavy atom. The summed E-state index contributed by atoms with van der Waals surface area (Å²) in [6.45, 7) is 13.0. The van der Waals surface area contributed by atoms with Gasteiger partial charge in [0.15, 0.2) is 5.96 Å². The molecule has 4 aliphatic rings. The quantitative estimate of drug-likeness (QED) is 0.559. The van der Waals surface area contributed by atoms with E-state index in [1.165, 1.54) is 32.7 Å². The Balaban J connectivity index is 1.16. The summed E-state index contributed by atoms with van der Waals surface area (Å²) in [5.41, 5.74) is 0. The van der Waals surface area contributed by atoms with Gasteiger partial charge in [0.25, 0.3) is 0 Å². The molecule has 0 saturated carbocycles. The van der Waals surface area contributed by atoms with Crippen LogP contribution in [-0.4, -0.2) is 117 Å². The van der Waals surface area contributed by atoms with Gasteiger partial charge < -0.3 is 15.0 Å². The predicted octanol–water partition coefficient (Wildman–Crippen LogP) is 0.258. The summed E-state index contributed by atoms with van der Waals surface area (Å²) < 4.78 is 5.83. The summed E-state index contributed by atoms with van der Waals surface area (Å²) in [6, 6.07) is 10.7. The molecule has 4 heterocycles. The summed E-state index contributed by atoms with van der Waals surface area (Å²) in [5, 5.41) is 3.64. The number of aliphatic imine (C=N–C) groups is 1. The Bertz CT molecular complexity index is 623. The third kappa shape index (κ3) is 4.96. The molecule has 0 amide bonds. The van der Waals surface area contributed by atoms with Crippen molar-refractivity contribution in [3.8, 4) is 5.75 Å². The van der Waals surface area contributed by atoms with Crippen molar-refractivity contribution in [3.05, 3.63) is 30.3 Å². The molecule has 154 valence electrons. The number of fused-ring (bicyclic) bond motifs is 3. The lowest BCUT2D eigenvalue weighted by Gasteiger charge is -2.47. The molecular formula is C21H34N6O. The first-order valence-corrected chi connectivity index (χ1v) is 10.6. The van der Waals surface area contributed by atoms with Crippen LogP contribution in [0.4, 0.5) is 0 Å². The molecule has 1 unspecified atom stereocenters. The molecule has 7 heteroatoms. The third-order valence-corrected chi connectivity index (χ3v) is 6.19. The van der Waals surface area contributed by atoms with Gasteiger partial charge in [-0.25, -0.2) is 0 Å². The van der Waals surface area contributed by atoms with Crippen LogP contribution in [0, 0.1) is 0 Å². The van der Waals surface area contributed by atoms with Gasteiger partial charge in [-0.05, 0) is 12.1 Å². The van der Waals surface area contributed by atoms with Crippen molar-refractivity contribution in [1.29, 1.82) is 0 Å². The number of guanidine groups is 1. The molecule has 7 nitrogen and oxygen atoms in total. The van der Waals surface area contributed by atoms with Crippen molar-refractivity contribution in [2.75, 3.05) is 85.6 Å². The molecule has 0 spiro atoms. The highest BCUT2D eigenvalue weighted by molar-refractivity contribution is 5.80. The van der Waals surface area contributed by atoms with E-state index in [9.17, 15) is 0 Å². The first kappa shape index (κ1) is 19.5. The molecular weight excluding hydrogens is 352 g/mol. The molecule has 5 rings (SSSR count). The Morgan fingerprint density at radius 3 is 2.43 bits per heavy atom. The molecule has 0 radical (unpaired) electrons. The highest BCUT2D eigenvalue weighted by Gasteiger charge is 2.32. The molecule has 4 saturated heterocycles. The Hall–Kier alpha value is -1.83. The fourth-order valence-electron chi connectivity index (χ4n) is 4.45. The number of ether oxygens (including phenoxy) is 1. The molecule has 0 aliphatic carbocycles. The van der Waals surface area contributed by atoms with Gasteiger partial charge in [0, 0.05) is 85.1 Å². The predicted molar refractivity (Wildman–Crippen MR) is 113 cm³/mol. The summed E-state index contributed by atoms with van der Waals surface area (Å²) in [5.74, 6) is 2.01. The molecule has 0 aromatic heterocycles. The Kier molecular flexibility index (Phi) is 6.67. The second-order valence-electron chi connectivity index (χ2n) is 7.91. The Labute approximate surface area is 168 Å². The van der Waals surface area contributed by atoms with Gasteiger partial charge in [-0.3, -0.25) is 19.7 Å². The molecule has 1 aromatic carbocycles. The van der Waals surface area contributed by atoms with E-state index in [4.69, 9.17) is 4.74 Å². The summed E-state index contributed by atoms with van der Waals surface area (Å²) in [6.07, 6.45) is 0. The van der Waals surface area contributed by atoms with Crippen LogP contribution in [0.1, 0.15) is 0 Å². The summed E-state index contributed by atoms with van der Waals surface area (Å²) in [4.78, 5) is 14.6. The highest BCUT2D eigenvalue weighted by atomic mass is 16.5. The second-order valence-corrected chi connectivity index (χ2v) is 7.91. The zero-order valence-electron chi connectivity index (χ0n) is 17.1. The minimum absolute atomic E-state index is 0.621. The first-order chi connectivity index (χ1) is 13.8. The number of nitrogens with zero attached hydrogens (tertiary/aromatic N) is 5. The van der Waals surface area contributed by atoms with Gasteiger partial charge in [-0.1, -0.05) is 18.2 Å². The van der Waals surface area contributed by atoms with Crippen LogP contribution < -0.4 is 10.1 Å². The fraction of sp³-hybridized carbons (Fsp3) is 0.667. The topological polar surface area (TPSA) is 46.6 Å². The highest BCUT2D eigenvalue weighted by Crippen LogP contribution is 2.15. The van der Waals surface area contributed by atoms with Crippen molar-refractivity contribution in [2.24, 2.45) is 4.99 Å². The molecule has 2 bridgehead atoms.